The van der Waals surface area contributed by atoms with Crippen LogP contribution in [0.2, 0.25) is 0 Å². The highest BCUT2D eigenvalue weighted by atomic mass is 16.5. The molecule has 1 aliphatic heterocycles. The summed E-state index contributed by atoms with van der Waals surface area (Å²) in [6.45, 7) is 0. The Morgan fingerprint density at radius 2 is 1.59 bits per heavy atom. The average Bonchev–Trinajstić information content (AvgIpc) is 2.84. The van der Waals surface area contributed by atoms with Crippen LogP contribution in [-0.2, 0) is 9.59 Å². The number of carbonyl (C=O) groups excluding carboxylic acids is 2. The van der Waals surface area contributed by atoms with E-state index in [0.717, 1.165) is 11.3 Å². The van der Waals surface area contributed by atoms with E-state index in [-0.39, 0.29) is 18.2 Å². The summed E-state index contributed by atoms with van der Waals surface area (Å²) in [7, 11) is 3.20. The van der Waals surface area contributed by atoms with Crippen molar-refractivity contribution in [1.29, 1.82) is 0 Å². The van der Waals surface area contributed by atoms with Gasteiger partial charge in [-0.3, -0.25) is 9.59 Å². The van der Waals surface area contributed by atoms with Crippen LogP contribution in [-0.4, -0.2) is 26.0 Å². The number of nitrogens with one attached hydrogen (secondary N) is 1. The maximum absolute atomic E-state index is 13.4. The number of hydrogen-bond acceptors (Lipinski definition) is 4. The molecule has 1 N–H and O–H groups in total. The van der Waals surface area contributed by atoms with Crippen molar-refractivity contribution in [3.8, 4) is 11.5 Å². The summed E-state index contributed by atoms with van der Waals surface area (Å²) < 4.78 is 10.9. The molecule has 1 saturated heterocycles. The van der Waals surface area contributed by atoms with Crippen LogP contribution in [0.15, 0.2) is 78.9 Å². The molecule has 32 heavy (non-hydrogen) atoms. The van der Waals surface area contributed by atoms with Crippen molar-refractivity contribution >= 4 is 23.2 Å². The Morgan fingerprint density at radius 1 is 0.906 bits per heavy atom. The minimum absolute atomic E-state index is 0.0326. The second-order valence-corrected chi connectivity index (χ2v) is 7.65. The van der Waals surface area contributed by atoms with Crippen molar-refractivity contribution in [1.82, 2.24) is 0 Å². The van der Waals surface area contributed by atoms with Crippen LogP contribution in [0.25, 0.3) is 0 Å². The Labute approximate surface area is 187 Å². The summed E-state index contributed by atoms with van der Waals surface area (Å²) >= 11 is 0. The Bertz CT molecular complexity index is 1080. The molecule has 0 unspecified atom stereocenters. The smallest absolute Gasteiger partial charge is 0.229 e. The Hall–Kier alpha value is -3.80. The molecule has 1 fully saturated rings. The molecule has 164 valence electrons. The third kappa shape index (κ3) is 4.30. The second-order valence-electron chi connectivity index (χ2n) is 7.65. The molecule has 2 atom stereocenters. The van der Waals surface area contributed by atoms with E-state index in [1.807, 2.05) is 78.9 Å². The number of hydrogen-bond donors (Lipinski definition) is 1. The predicted octanol–water partition coefficient (Wildman–Crippen LogP) is 4.83. The molecule has 0 spiro atoms. The minimum Gasteiger partial charge on any atom is -0.497 e. The number of carbonyl (C=O) groups is 2. The summed E-state index contributed by atoms with van der Waals surface area (Å²) in [6.07, 6.45) is 0.734. The Morgan fingerprint density at radius 3 is 2.28 bits per heavy atom. The van der Waals surface area contributed by atoms with E-state index in [1.54, 1.807) is 19.1 Å². The highest BCUT2D eigenvalue weighted by molar-refractivity contribution is 6.00. The summed E-state index contributed by atoms with van der Waals surface area (Å²) in [5.41, 5.74) is 2.24. The van der Waals surface area contributed by atoms with Gasteiger partial charge in [-0.1, -0.05) is 36.4 Å². The average molecular weight is 431 g/mol. The van der Waals surface area contributed by atoms with Crippen molar-refractivity contribution in [2.45, 2.75) is 18.9 Å². The lowest BCUT2D eigenvalue weighted by molar-refractivity contribution is -0.125. The molecule has 3 aromatic carbocycles. The molecule has 1 heterocycles. The SMILES string of the molecule is COc1ccc(N2C(=O)CC[C@@H](C(=O)Nc3ccccc3)[C@@H]2c2ccccc2OC)cc1. The number of rotatable bonds is 6. The van der Waals surface area contributed by atoms with E-state index in [9.17, 15) is 9.59 Å². The van der Waals surface area contributed by atoms with Crippen LogP contribution in [0.1, 0.15) is 24.4 Å². The maximum Gasteiger partial charge on any atom is 0.229 e. The molecular weight excluding hydrogens is 404 g/mol. The summed E-state index contributed by atoms with van der Waals surface area (Å²) in [5.74, 6) is 0.730. The fourth-order valence-corrected chi connectivity index (χ4v) is 4.24. The number of nitrogens with zero attached hydrogens (tertiary/aromatic N) is 1. The first-order valence-electron chi connectivity index (χ1n) is 10.6. The molecule has 1 aliphatic rings. The first-order chi connectivity index (χ1) is 15.6. The van der Waals surface area contributed by atoms with Crippen LogP contribution in [0.5, 0.6) is 11.5 Å². The molecule has 0 saturated carbocycles. The molecule has 4 rings (SSSR count). The molecule has 0 radical (unpaired) electrons. The fourth-order valence-electron chi connectivity index (χ4n) is 4.24. The number of amides is 2. The van der Waals surface area contributed by atoms with Crippen molar-refractivity contribution in [3.63, 3.8) is 0 Å². The maximum atomic E-state index is 13.4. The zero-order chi connectivity index (χ0) is 22.5. The predicted molar refractivity (Wildman–Crippen MR) is 124 cm³/mol. The molecule has 6 nitrogen and oxygen atoms in total. The highest BCUT2D eigenvalue weighted by Gasteiger charge is 2.42. The zero-order valence-corrected chi connectivity index (χ0v) is 18.2. The number of piperidine rings is 1. The third-order valence-electron chi connectivity index (χ3n) is 5.78. The first kappa shape index (κ1) is 21.4. The number of anilines is 2. The van der Waals surface area contributed by atoms with E-state index in [2.05, 4.69) is 5.32 Å². The monoisotopic (exact) mass is 430 g/mol. The zero-order valence-electron chi connectivity index (χ0n) is 18.2. The standard InChI is InChI=1S/C26H26N2O4/c1-31-20-14-12-19(13-15-20)28-24(29)17-16-22(26(30)27-18-8-4-3-5-9-18)25(28)21-10-6-7-11-23(21)32-2/h3-15,22,25H,16-17H2,1-2H3,(H,27,30)/t22-,25+/m1/s1. The summed E-state index contributed by atoms with van der Waals surface area (Å²) in [5, 5.41) is 3.02. The normalized spacial score (nSPS) is 18.2. The van der Waals surface area contributed by atoms with Crippen LogP contribution < -0.4 is 19.7 Å². The Balaban J connectivity index is 1.77. The molecule has 6 heteroatoms. The van der Waals surface area contributed by atoms with Crippen LogP contribution in [0, 0.1) is 5.92 Å². The fraction of sp³-hybridized carbons (Fsp3) is 0.231. The van der Waals surface area contributed by atoms with E-state index in [1.165, 1.54) is 0 Å². The number of para-hydroxylation sites is 2. The lowest BCUT2D eigenvalue weighted by Gasteiger charge is -2.41. The van der Waals surface area contributed by atoms with Gasteiger partial charge in [-0.25, -0.2) is 0 Å². The van der Waals surface area contributed by atoms with Gasteiger partial charge in [0, 0.05) is 23.4 Å². The molecule has 0 aliphatic carbocycles. The lowest BCUT2D eigenvalue weighted by atomic mass is 9.82. The molecule has 3 aromatic rings. The van der Waals surface area contributed by atoms with Gasteiger partial charge in [0.15, 0.2) is 0 Å². The largest absolute Gasteiger partial charge is 0.497 e. The third-order valence-corrected chi connectivity index (χ3v) is 5.78. The van der Waals surface area contributed by atoms with E-state index in [4.69, 9.17) is 9.47 Å². The van der Waals surface area contributed by atoms with Crippen LogP contribution >= 0.6 is 0 Å². The number of benzene rings is 3. The molecule has 2 amide bonds. The minimum atomic E-state index is -0.510. The van der Waals surface area contributed by atoms with E-state index < -0.39 is 12.0 Å². The van der Waals surface area contributed by atoms with Gasteiger partial charge in [0.1, 0.15) is 11.5 Å². The van der Waals surface area contributed by atoms with Crippen molar-refractivity contribution in [2.24, 2.45) is 5.92 Å². The first-order valence-corrected chi connectivity index (χ1v) is 10.6. The van der Waals surface area contributed by atoms with Gasteiger partial charge >= 0.3 is 0 Å². The topological polar surface area (TPSA) is 67.9 Å². The van der Waals surface area contributed by atoms with Crippen molar-refractivity contribution in [3.05, 3.63) is 84.4 Å². The van der Waals surface area contributed by atoms with Gasteiger partial charge in [-0.15, -0.1) is 0 Å². The quantitative estimate of drug-likeness (QED) is 0.608. The Kier molecular flexibility index (Phi) is 6.40. The summed E-state index contributed by atoms with van der Waals surface area (Å²) in [4.78, 5) is 28.3. The van der Waals surface area contributed by atoms with Gasteiger partial charge in [-0.2, -0.15) is 0 Å². The molecule has 0 bridgehead atoms. The molecular formula is C26H26N2O4. The van der Waals surface area contributed by atoms with E-state index >= 15 is 0 Å². The van der Waals surface area contributed by atoms with Gasteiger partial charge in [0.25, 0.3) is 0 Å². The van der Waals surface area contributed by atoms with Gasteiger partial charge in [0.2, 0.25) is 11.8 Å². The summed E-state index contributed by atoms with van der Waals surface area (Å²) in [6, 6.07) is 23.7. The van der Waals surface area contributed by atoms with Crippen molar-refractivity contribution < 1.29 is 19.1 Å². The van der Waals surface area contributed by atoms with E-state index in [0.29, 0.717) is 23.6 Å². The van der Waals surface area contributed by atoms with Gasteiger partial charge in [-0.05, 0) is 48.9 Å². The number of methoxy groups -OCH3 is 2. The van der Waals surface area contributed by atoms with Crippen molar-refractivity contribution in [2.75, 3.05) is 24.4 Å². The number of ether oxygens (including phenoxy) is 2. The highest BCUT2D eigenvalue weighted by Crippen LogP contribution is 2.43. The van der Waals surface area contributed by atoms with Gasteiger partial charge < -0.3 is 19.7 Å². The van der Waals surface area contributed by atoms with Crippen LogP contribution in [0.4, 0.5) is 11.4 Å². The van der Waals surface area contributed by atoms with Gasteiger partial charge in [0.05, 0.1) is 26.2 Å². The lowest BCUT2D eigenvalue weighted by Crippen LogP contribution is -2.47. The molecule has 0 aromatic heterocycles. The second kappa shape index (κ2) is 9.56. The van der Waals surface area contributed by atoms with Crippen LogP contribution in [0.3, 0.4) is 0 Å².